The highest BCUT2D eigenvalue weighted by Gasteiger charge is 2.13. The molecule has 2 rings (SSSR count). The Bertz CT molecular complexity index is 552. The number of pyridine rings is 1. The van der Waals surface area contributed by atoms with Gasteiger partial charge in [-0.1, -0.05) is 17.7 Å². The molecule has 0 atom stereocenters. The maximum Gasteiger partial charge on any atom is 0.337 e. The molecule has 2 aromatic rings. The first-order chi connectivity index (χ1) is 7.09. The van der Waals surface area contributed by atoms with Crippen LogP contribution in [0.1, 0.15) is 16.1 Å². The van der Waals surface area contributed by atoms with Gasteiger partial charge in [0.05, 0.1) is 16.1 Å². The number of hydrogen-bond acceptors (Lipinski definition) is 2. The first kappa shape index (κ1) is 9.93. The van der Waals surface area contributed by atoms with Gasteiger partial charge in [0.15, 0.2) is 0 Å². The zero-order chi connectivity index (χ0) is 11.0. The number of aryl methyl sites for hydroxylation is 1. The summed E-state index contributed by atoms with van der Waals surface area (Å²) in [5.74, 6) is -1.03. The van der Waals surface area contributed by atoms with Crippen molar-refractivity contribution in [2.24, 2.45) is 0 Å². The van der Waals surface area contributed by atoms with E-state index in [1.165, 1.54) is 0 Å². The number of carboxylic acid groups (broad SMARTS) is 1. The molecule has 0 saturated heterocycles. The minimum atomic E-state index is -1.03. The topological polar surface area (TPSA) is 50.2 Å². The Kier molecular flexibility index (Phi) is 2.32. The molecule has 1 aromatic carbocycles. The molecule has 0 aliphatic rings. The van der Waals surface area contributed by atoms with Gasteiger partial charge >= 0.3 is 5.97 Å². The highest BCUT2D eigenvalue weighted by atomic mass is 35.5. The number of halogens is 1. The monoisotopic (exact) mass is 221 g/mol. The molecule has 1 aromatic heterocycles. The Hall–Kier alpha value is -1.61. The van der Waals surface area contributed by atoms with E-state index in [0.29, 0.717) is 10.9 Å². The first-order valence-corrected chi connectivity index (χ1v) is 4.76. The van der Waals surface area contributed by atoms with Gasteiger partial charge in [-0.25, -0.2) is 4.79 Å². The molecule has 0 unspecified atom stereocenters. The fourth-order valence-corrected chi connectivity index (χ4v) is 1.74. The standard InChI is InChI=1S/C11H8ClNO2/c1-6-2-3-7-9(13-6)5-4-8(12)10(7)11(14)15/h2-5H,1H3,(H,14,15). The number of benzene rings is 1. The molecule has 0 spiro atoms. The van der Waals surface area contributed by atoms with Gasteiger partial charge in [-0.05, 0) is 25.1 Å². The number of fused-ring (bicyclic) bond motifs is 1. The van der Waals surface area contributed by atoms with E-state index in [2.05, 4.69) is 4.98 Å². The van der Waals surface area contributed by atoms with Crippen molar-refractivity contribution in [1.29, 1.82) is 0 Å². The van der Waals surface area contributed by atoms with E-state index in [4.69, 9.17) is 16.7 Å². The van der Waals surface area contributed by atoms with Gasteiger partial charge in [0.25, 0.3) is 0 Å². The summed E-state index contributed by atoms with van der Waals surface area (Å²) in [4.78, 5) is 15.2. The molecule has 4 heteroatoms. The average molecular weight is 222 g/mol. The van der Waals surface area contributed by atoms with Crippen molar-refractivity contribution in [2.75, 3.05) is 0 Å². The molecule has 76 valence electrons. The van der Waals surface area contributed by atoms with Gasteiger partial charge in [-0.2, -0.15) is 0 Å². The van der Waals surface area contributed by atoms with E-state index in [1.807, 2.05) is 6.92 Å². The van der Waals surface area contributed by atoms with Gasteiger partial charge in [-0.15, -0.1) is 0 Å². The van der Waals surface area contributed by atoms with Gasteiger partial charge in [0, 0.05) is 11.1 Å². The first-order valence-electron chi connectivity index (χ1n) is 4.39. The van der Waals surface area contributed by atoms with E-state index < -0.39 is 5.97 Å². The fraction of sp³-hybridized carbons (Fsp3) is 0.0909. The minimum Gasteiger partial charge on any atom is -0.478 e. The van der Waals surface area contributed by atoms with Crippen LogP contribution in [0.4, 0.5) is 0 Å². The summed E-state index contributed by atoms with van der Waals surface area (Å²) < 4.78 is 0. The fourth-order valence-electron chi connectivity index (χ4n) is 1.50. The highest BCUT2D eigenvalue weighted by molar-refractivity contribution is 6.35. The van der Waals surface area contributed by atoms with E-state index >= 15 is 0 Å². The van der Waals surface area contributed by atoms with Crippen LogP contribution in [0.15, 0.2) is 24.3 Å². The molecular weight excluding hydrogens is 214 g/mol. The molecule has 0 saturated carbocycles. The number of rotatable bonds is 1. The molecule has 0 aliphatic carbocycles. The Morgan fingerprint density at radius 3 is 2.73 bits per heavy atom. The molecule has 0 bridgehead atoms. The number of carbonyl (C=O) groups is 1. The highest BCUT2D eigenvalue weighted by Crippen LogP contribution is 2.25. The lowest BCUT2D eigenvalue weighted by molar-refractivity contribution is 0.0699. The van der Waals surface area contributed by atoms with Crippen LogP contribution < -0.4 is 0 Å². The van der Waals surface area contributed by atoms with E-state index in [1.54, 1.807) is 24.3 Å². The zero-order valence-electron chi connectivity index (χ0n) is 7.99. The van der Waals surface area contributed by atoms with Crippen LogP contribution in [0.25, 0.3) is 10.9 Å². The van der Waals surface area contributed by atoms with Crippen molar-refractivity contribution >= 4 is 28.5 Å². The van der Waals surface area contributed by atoms with Crippen molar-refractivity contribution in [3.8, 4) is 0 Å². The van der Waals surface area contributed by atoms with E-state index in [9.17, 15) is 4.79 Å². The summed E-state index contributed by atoms with van der Waals surface area (Å²) >= 11 is 5.83. The second-order valence-corrected chi connectivity index (χ2v) is 3.65. The Balaban J connectivity index is 2.88. The van der Waals surface area contributed by atoms with Crippen molar-refractivity contribution in [1.82, 2.24) is 4.98 Å². The number of aromatic carboxylic acids is 1. The normalized spacial score (nSPS) is 10.5. The van der Waals surface area contributed by atoms with Crippen molar-refractivity contribution < 1.29 is 9.90 Å². The van der Waals surface area contributed by atoms with E-state index in [-0.39, 0.29) is 10.6 Å². The number of aromatic nitrogens is 1. The Labute approximate surface area is 91.3 Å². The van der Waals surface area contributed by atoms with Crippen LogP contribution in [0.2, 0.25) is 5.02 Å². The smallest absolute Gasteiger partial charge is 0.337 e. The molecule has 15 heavy (non-hydrogen) atoms. The largest absolute Gasteiger partial charge is 0.478 e. The number of hydrogen-bond donors (Lipinski definition) is 1. The van der Waals surface area contributed by atoms with Crippen molar-refractivity contribution in [3.63, 3.8) is 0 Å². The van der Waals surface area contributed by atoms with Gasteiger partial charge in [-0.3, -0.25) is 4.98 Å². The molecule has 0 fully saturated rings. The lowest BCUT2D eigenvalue weighted by Gasteiger charge is -2.04. The van der Waals surface area contributed by atoms with Crippen LogP contribution in [0, 0.1) is 6.92 Å². The molecule has 0 amide bonds. The van der Waals surface area contributed by atoms with Crippen LogP contribution in [-0.4, -0.2) is 16.1 Å². The quantitative estimate of drug-likeness (QED) is 0.806. The molecule has 0 aliphatic heterocycles. The summed E-state index contributed by atoms with van der Waals surface area (Å²) in [6.45, 7) is 1.86. The lowest BCUT2D eigenvalue weighted by atomic mass is 10.1. The van der Waals surface area contributed by atoms with Gasteiger partial charge in [0.1, 0.15) is 0 Å². The third kappa shape index (κ3) is 1.66. The van der Waals surface area contributed by atoms with Crippen LogP contribution >= 0.6 is 11.6 Å². The summed E-state index contributed by atoms with van der Waals surface area (Å²) in [7, 11) is 0. The second kappa shape index (κ2) is 3.51. The maximum absolute atomic E-state index is 11.0. The Morgan fingerprint density at radius 2 is 2.07 bits per heavy atom. The molecule has 1 heterocycles. The zero-order valence-corrected chi connectivity index (χ0v) is 8.75. The van der Waals surface area contributed by atoms with Gasteiger partial charge in [0.2, 0.25) is 0 Å². The van der Waals surface area contributed by atoms with Crippen LogP contribution in [0.3, 0.4) is 0 Å². The Morgan fingerprint density at radius 1 is 1.33 bits per heavy atom. The molecule has 3 nitrogen and oxygen atoms in total. The summed E-state index contributed by atoms with van der Waals surface area (Å²) in [6, 6.07) is 6.77. The number of nitrogens with zero attached hydrogens (tertiary/aromatic N) is 1. The van der Waals surface area contributed by atoms with Crippen LogP contribution in [-0.2, 0) is 0 Å². The van der Waals surface area contributed by atoms with Gasteiger partial charge < -0.3 is 5.11 Å². The maximum atomic E-state index is 11.0. The molecular formula is C11H8ClNO2. The third-order valence-electron chi connectivity index (χ3n) is 2.17. The van der Waals surface area contributed by atoms with Crippen molar-refractivity contribution in [3.05, 3.63) is 40.5 Å². The molecule has 1 N–H and O–H groups in total. The summed E-state index contributed by atoms with van der Waals surface area (Å²) in [6.07, 6.45) is 0. The second-order valence-electron chi connectivity index (χ2n) is 3.25. The predicted octanol–water partition coefficient (Wildman–Crippen LogP) is 2.89. The van der Waals surface area contributed by atoms with Crippen molar-refractivity contribution in [2.45, 2.75) is 6.92 Å². The lowest BCUT2D eigenvalue weighted by Crippen LogP contribution is -1.99. The number of carboxylic acids is 1. The SMILES string of the molecule is Cc1ccc2c(C(=O)O)c(Cl)ccc2n1. The molecule has 0 radical (unpaired) electrons. The predicted molar refractivity (Wildman–Crippen MR) is 58.4 cm³/mol. The third-order valence-corrected chi connectivity index (χ3v) is 2.49. The average Bonchev–Trinajstić information content (AvgIpc) is 2.17. The summed E-state index contributed by atoms with van der Waals surface area (Å²) in [5.41, 5.74) is 1.61. The van der Waals surface area contributed by atoms with E-state index in [0.717, 1.165) is 5.69 Å². The summed E-state index contributed by atoms with van der Waals surface area (Å²) in [5, 5.41) is 9.83. The minimum absolute atomic E-state index is 0.113. The van der Waals surface area contributed by atoms with Crippen LogP contribution in [0.5, 0.6) is 0 Å².